The molecule has 0 unspecified atom stereocenters. The summed E-state index contributed by atoms with van der Waals surface area (Å²) >= 11 is 0. The molecule has 0 aliphatic carbocycles. The predicted molar refractivity (Wildman–Crippen MR) is 47.9 cm³/mol. The number of benzene rings is 1. The van der Waals surface area contributed by atoms with Gasteiger partial charge in [0.25, 0.3) is 5.69 Å². The molecule has 0 bridgehead atoms. The Bertz CT molecular complexity index is 428. The first-order chi connectivity index (χ1) is 7.36. The van der Waals surface area contributed by atoms with Gasteiger partial charge in [0.1, 0.15) is 6.29 Å². The highest BCUT2D eigenvalue weighted by Crippen LogP contribution is 2.34. The van der Waals surface area contributed by atoms with Crippen LogP contribution < -0.4 is 0 Å². The normalized spacial score (nSPS) is 11.2. The molecule has 1 aromatic rings. The SMILES string of the molecule is O=CCc1ccc([N+](=O)[O-])cc1C(F)(F)F. The van der Waals surface area contributed by atoms with Crippen molar-refractivity contribution in [1.82, 2.24) is 0 Å². The van der Waals surface area contributed by atoms with E-state index >= 15 is 0 Å². The lowest BCUT2D eigenvalue weighted by Crippen LogP contribution is -2.10. The summed E-state index contributed by atoms with van der Waals surface area (Å²) in [5.74, 6) is 0. The third-order valence-electron chi connectivity index (χ3n) is 1.91. The van der Waals surface area contributed by atoms with E-state index in [-0.39, 0.29) is 5.56 Å². The van der Waals surface area contributed by atoms with Gasteiger partial charge in [0.15, 0.2) is 0 Å². The Hall–Kier alpha value is -1.92. The molecule has 0 amide bonds. The van der Waals surface area contributed by atoms with Crippen molar-refractivity contribution in [3.05, 3.63) is 39.4 Å². The van der Waals surface area contributed by atoms with Crippen LogP contribution in [0.25, 0.3) is 0 Å². The number of non-ortho nitro benzene ring substituents is 1. The first-order valence-corrected chi connectivity index (χ1v) is 4.14. The van der Waals surface area contributed by atoms with Gasteiger partial charge in [-0.3, -0.25) is 10.1 Å². The first-order valence-electron chi connectivity index (χ1n) is 4.14. The lowest BCUT2D eigenvalue weighted by molar-refractivity contribution is -0.385. The molecule has 0 aliphatic heterocycles. The van der Waals surface area contributed by atoms with Gasteiger partial charge in [-0.05, 0) is 5.56 Å². The molecule has 0 saturated heterocycles. The number of nitro groups is 1. The molecule has 1 aromatic carbocycles. The second-order valence-corrected chi connectivity index (χ2v) is 2.97. The standard InChI is InChI=1S/C9H6F3NO3/c10-9(11,12)8-5-7(13(15)16)2-1-6(8)3-4-14/h1-2,4-5H,3H2. The minimum Gasteiger partial charge on any atom is -0.303 e. The molecule has 0 radical (unpaired) electrons. The Morgan fingerprint density at radius 3 is 2.44 bits per heavy atom. The van der Waals surface area contributed by atoms with Crippen LogP contribution in [-0.4, -0.2) is 11.2 Å². The minimum absolute atomic E-state index is 0.270. The van der Waals surface area contributed by atoms with Crippen LogP contribution in [0.4, 0.5) is 18.9 Å². The first kappa shape index (κ1) is 12.2. The van der Waals surface area contributed by atoms with E-state index < -0.39 is 28.8 Å². The second kappa shape index (κ2) is 4.30. The molecule has 0 atom stereocenters. The Morgan fingerprint density at radius 1 is 1.38 bits per heavy atom. The van der Waals surface area contributed by atoms with Crippen molar-refractivity contribution in [3.8, 4) is 0 Å². The lowest BCUT2D eigenvalue weighted by Gasteiger charge is -2.10. The zero-order valence-electron chi connectivity index (χ0n) is 7.82. The van der Waals surface area contributed by atoms with Gasteiger partial charge >= 0.3 is 6.18 Å². The highest BCUT2D eigenvalue weighted by molar-refractivity contribution is 5.57. The Labute approximate surface area is 87.8 Å². The Balaban J connectivity index is 3.32. The number of hydrogen-bond donors (Lipinski definition) is 0. The van der Waals surface area contributed by atoms with Gasteiger partial charge in [-0.25, -0.2) is 0 Å². The highest BCUT2D eigenvalue weighted by Gasteiger charge is 2.34. The van der Waals surface area contributed by atoms with E-state index in [1.807, 2.05) is 0 Å². The molecule has 0 fully saturated rings. The van der Waals surface area contributed by atoms with E-state index in [4.69, 9.17) is 0 Å². The summed E-state index contributed by atoms with van der Waals surface area (Å²) in [6, 6.07) is 2.31. The van der Waals surface area contributed by atoms with Gasteiger partial charge in [-0.1, -0.05) is 6.07 Å². The molecular weight excluding hydrogens is 227 g/mol. The molecule has 0 spiro atoms. The number of hydrogen-bond acceptors (Lipinski definition) is 3. The summed E-state index contributed by atoms with van der Waals surface area (Å²) in [5.41, 5.74) is -2.07. The van der Waals surface area contributed by atoms with Crippen LogP contribution in [0.3, 0.4) is 0 Å². The number of carbonyl (C=O) groups is 1. The molecule has 0 aliphatic rings. The van der Waals surface area contributed by atoms with Crippen molar-refractivity contribution < 1.29 is 22.9 Å². The van der Waals surface area contributed by atoms with Gasteiger partial charge in [-0.2, -0.15) is 13.2 Å². The molecule has 4 nitrogen and oxygen atoms in total. The van der Waals surface area contributed by atoms with Crippen LogP contribution in [0.2, 0.25) is 0 Å². The fourth-order valence-electron chi connectivity index (χ4n) is 1.21. The van der Waals surface area contributed by atoms with E-state index in [1.165, 1.54) is 0 Å². The number of nitro benzene ring substituents is 1. The minimum atomic E-state index is -4.70. The van der Waals surface area contributed by atoms with Crippen LogP contribution in [0.1, 0.15) is 11.1 Å². The number of carbonyl (C=O) groups excluding carboxylic acids is 1. The number of rotatable bonds is 3. The average Bonchev–Trinajstić information content (AvgIpc) is 2.16. The van der Waals surface area contributed by atoms with Crippen molar-refractivity contribution in [2.75, 3.05) is 0 Å². The highest BCUT2D eigenvalue weighted by atomic mass is 19.4. The zero-order chi connectivity index (χ0) is 12.3. The molecule has 0 aromatic heterocycles. The fraction of sp³-hybridized carbons (Fsp3) is 0.222. The summed E-state index contributed by atoms with van der Waals surface area (Å²) < 4.78 is 37.4. The quantitative estimate of drug-likeness (QED) is 0.457. The van der Waals surface area contributed by atoms with Gasteiger partial charge in [0, 0.05) is 18.6 Å². The molecular formula is C9H6F3NO3. The molecule has 16 heavy (non-hydrogen) atoms. The van der Waals surface area contributed by atoms with Crippen molar-refractivity contribution in [2.45, 2.75) is 12.6 Å². The fourth-order valence-corrected chi connectivity index (χ4v) is 1.21. The third kappa shape index (κ3) is 2.56. The maximum atomic E-state index is 12.5. The number of aldehydes is 1. The summed E-state index contributed by atoms with van der Waals surface area (Å²) in [5, 5.41) is 10.3. The summed E-state index contributed by atoms with van der Waals surface area (Å²) in [6.07, 6.45) is -4.81. The molecule has 0 heterocycles. The number of halogens is 3. The smallest absolute Gasteiger partial charge is 0.303 e. The largest absolute Gasteiger partial charge is 0.416 e. The molecule has 86 valence electrons. The van der Waals surface area contributed by atoms with E-state index in [2.05, 4.69) is 0 Å². The summed E-state index contributed by atoms with van der Waals surface area (Å²) in [7, 11) is 0. The number of nitrogens with zero attached hydrogens (tertiary/aromatic N) is 1. The van der Waals surface area contributed by atoms with Gasteiger partial charge < -0.3 is 4.79 Å². The van der Waals surface area contributed by atoms with Crippen LogP contribution in [0.15, 0.2) is 18.2 Å². The Kier molecular flexibility index (Phi) is 3.26. The molecule has 1 rings (SSSR count). The van der Waals surface area contributed by atoms with Crippen molar-refractivity contribution in [2.24, 2.45) is 0 Å². The van der Waals surface area contributed by atoms with E-state index in [1.54, 1.807) is 0 Å². The van der Waals surface area contributed by atoms with Crippen LogP contribution in [0, 0.1) is 10.1 Å². The third-order valence-corrected chi connectivity index (χ3v) is 1.91. The monoisotopic (exact) mass is 233 g/mol. The topological polar surface area (TPSA) is 60.2 Å². The second-order valence-electron chi connectivity index (χ2n) is 2.97. The van der Waals surface area contributed by atoms with Crippen molar-refractivity contribution in [1.29, 1.82) is 0 Å². The van der Waals surface area contributed by atoms with Crippen molar-refractivity contribution in [3.63, 3.8) is 0 Å². The maximum Gasteiger partial charge on any atom is 0.416 e. The van der Waals surface area contributed by atoms with Crippen LogP contribution in [-0.2, 0) is 17.4 Å². The van der Waals surface area contributed by atoms with E-state index in [9.17, 15) is 28.1 Å². The Morgan fingerprint density at radius 2 is 2.00 bits per heavy atom. The summed E-state index contributed by atoms with van der Waals surface area (Å²) in [6.45, 7) is 0. The van der Waals surface area contributed by atoms with E-state index in [0.717, 1.165) is 12.1 Å². The van der Waals surface area contributed by atoms with Gasteiger partial charge in [-0.15, -0.1) is 0 Å². The number of alkyl halides is 3. The van der Waals surface area contributed by atoms with E-state index in [0.29, 0.717) is 12.4 Å². The van der Waals surface area contributed by atoms with Gasteiger partial charge in [0.2, 0.25) is 0 Å². The summed E-state index contributed by atoms with van der Waals surface area (Å²) in [4.78, 5) is 19.6. The molecule has 7 heteroatoms. The average molecular weight is 233 g/mol. The zero-order valence-corrected chi connectivity index (χ0v) is 7.82. The van der Waals surface area contributed by atoms with Crippen LogP contribution in [0.5, 0.6) is 0 Å². The molecule has 0 saturated carbocycles. The lowest BCUT2D eigenvalue weighted by atomic mass is 10.0. The maximum absolute atomic E-state index is 12.5. The van der Waals surface area contributed by atoms with Crippen molar-refractivity contribution >= 4 is 12.0 Å². The van der Waals surface area contributed by atoms with Gasteiger partial charge in [0.05, 0.1) is 10.5 Å². The van der Waals surface area contributed by atoms with Crippen LogP contribution >= 0.6 is 0 Å². The predicted octanol–water partition coefficient (Wildman–Crippen LogP) is 2.36. The molecule has 0 N–H and O–H groups in total.